The molecule has 2 aromatic rings. The van der Waals surface area contributed by atoms with Gasteiger partial charge in [-0.15, -0.1) is 0 Å². The average Bonchev–Trinajstić information content (AvgIpc) is 2.84. The second kappa shape index (κ2) is 12.7. The van der Waals surface area contributed by atoms with Gasteiger partial charge in [-0.25, -0.2) is 0 Å². The van der Waals surface area contributed by atoms with Gasteiger partial charge in [-0.2, -0.15) is 0 Å². The molecule has 1 fully saturated rings. The fourth-order valence-electron chi connectivity index (χ4n) is 4.83. The molecule has 1 atom stereocenters. The van der Waals surface area contributed by atoms with Crippen LogP contribution in [-0.4, -0.2) is 72.8 Å². The topological polar surface area (TPSA) is 55.9 Å². The number of hydrogen-bond acceptors (Lipinski definition) is 4. The van der Waals surface area contributed by atoms with Crippen molar-refractivity contribution in [1.82, 2.24) is 14.7 Å². The Morgan fingerprint density at radius 3 is 2.35 bits per heavy atom. The smallest absolute Gasteiger partial charge is 0.243 e. The van der Waals surface area contributed by atoms with Crippen molar-refractivity contribution in [2.75, 3.05) is 45.6 Å². The third-order valence-electron chi connectivity index (χ3n) is 6.85. The first-order valence-corrected chi connectivity index (χ1v) is 12.5. The van der Waals surface area contributed by atoms with Crippen LogP contribution in [0.1, 0.15) is 37.8 Å². The van der Waals surface area contributed by atoms with Crippen molar-refractivity contribution >= 4 is 17.5 Å². The lowest BCUT2D eigenvalue weighted by atomic mass is 9.95. The number of amides is 2. The predicted octanol–water partition coefficient (Wildman–Crippen LogP) is 3.88. The summed E-state index contributed by atoms with van der Waals surface area (Å²) in [6, 6.07) is 18.1. The van der Waals surface area contributed by atoms with Gasteiger partial charge in [-0.3, -0.25) is 14.5 Å². The Morgan fingerprint density at radius 1 is 1.03 bits per heavy atom. The molecule has 1 heterocycles. The molecule has 34 heavy (non-hydrogen) atoms. The first-order chi connectivity index (χ1) is 16.4. The number of carbonyl (C=O) groups excluding carboxylic acids is 2. The minimum Gasteiger partial charge on any atom is -0.335 e. The van der Waals surface area contributed by atoms with Crippen LogP contribution in [-0.2, 0) is 22.6 Å². The SMILES string of the molecule is CCc1ccccc1NC(=O)CN(C)C(=O)C(C)N1CCC(CN(C)Cc2ccccc2)CC1. The first-order valence-electron chi connectivity index (χ1n) is 12.5. The second-order valence-corrected chi connectivity index (χ2v) is 9.59. The highest BCUT2D eigenvalue weighted by molar-refractivity contribution is 5.95. The van der Waals surface area contributed by atoms with Crippen LogP contribution < -0.4 is 5.32 Å². The molecule has 6 nitrogen and oxygen atoms in total. The Kier molecular flexibility index (Phi) is 9.66. The Hall–Kier alpha value is -2.70. The molecular formula is C28H40N4O2. The van der Waals surface area contributed by atoms with E-state index < -0.39 is 0 Å². The summed E-state index contributed by atoms with van der Waals surface area (Å²) < 4.78 is 0. The zero-order chi connectivity index (χ0) is 24.5. The molecule has 0 aliphatic carbocycles. The zero-order valence-corrected chi connectivity index (χ0v) is 21.2. The predicted molar refractivity (Wildman–Crippen MR) is 139 cm³/mol. The lowest BCUT2D eigenvalue weighted by Crippen LogP contribution is -2.50. The van der Waals surface area contributed by atoms with Gasteiger partial charge in [0.2, 0.25) is 11.8 Å². The molecule has 184 valence electrons. The molecule has 0 saturated carbocycles. The molecule has 2 aromatic carbocycles. The molecule has 0 aromatic heterocycles. The fourth-order valence-corrected chi connectivity index (χ4v) is 4.83. The summed E-state index contributed by atoms with van der Waals surface area (Å²) in [4.78, 5) is 31.8. The minimum atomic E-state index is -0.219. The molecule has 1 saturated heterocycles. The standard InChI is InChI=1S/C28H40N4O2/c1-5-25-13-9-10-14-26(25)29-27(33)21-31(4)28(34)22(2)32-17-15-24(16-18-32)20-30(3)19-23-11-7-6-8-12-23/h6-14,22,24H,5,15-21H2,1-4H3,(H,29,33). The van der Waals surface area contributed by atoms with Gasteiger partial charge in [0.05, 0.1) is 12.6 Å². The van der Waals surface area contributed by atoms with Crippen LogP contribution in [0.4, 0.5) is 5.69 Å². The third-order valence-corrected chi connectivity index (χ3v) is 6.85. The van der Waals surface area contributed by atoms with Gasteiger partial charge >= 0.3 is 0 Å². The molecule has 1 N–H and O–H groups in total. The number of hydrogen-bond donors (Lipinski definition) is 1. The minimum absolute atomic E-state index is 0.00132. The molecule has 0 spiro atoms. The zero-order valence-electron chi connectivity index (χ0n) is 21.2. The second-order valence-electron chi connectivity index (χ2n) is 9.59. The fraction of sp³-hybridized carbons (Fsp3) is 0.500. The number of para-hydroxylation sites is 1. The largest absolute Gasteiger partial charge is 0.335 e. The van der Waals surface area contributed by atoms with Crippen LogP contribution in [0.15, 0.2) is 54.6 Å². The van der Waals surface area contributed by atoms with Crippen LogP contribution in [0.5, 0.6) is 0 Å². The highest BCUT2D eigenvalue weighted by Crippen LogP contribution is 2.21. The van der Waals surface area contributed by atoms with Crippen molar-refractivity contribution in [3.05, 3.63) is 65.7 Å². The van der Waals surface area contributed by atoms with Gasteiger partial charge < -0.3 is 15.1 Å². The Balaban J connectivity index is 1.42. The summed E-state index contributed by atoms with van der Waals surface area (Å²) >= 11 is 0. The van der Waals surface area contributed by atoms with Crippen molar-refractivity contribution in [2.24, 2.45) is 5.92 Å². The lowest BCUT2D eigenvalue weighted by molar-refractivity contribution is -0.138. The van der Waals surface area contributed by atoms with Crippen LogP contribution in [0, 0.1) is 5.92 Å². The van der Waals surface area contributed by atoms with Gasteiger partial charge in [-0.05, 0) is 69.4 Å². The molecule has 1 aliphatic rings. The molecule has 6 heteroatoms. The van der Waals surface area contributed by atoms with Crippen molar-refractivity contribution < 1.29 is 9.59 Å². The highest BCUT2D eigenvalue weighted by Gasteiger charge is 2.29. The van der Waals surface area contributed by atoms with E-state index in [0.717, 1.165) is 56.7 Å². The number of anilines is 1. The number of nitrogens with one attached hydrogen (secondary N) is 1. The Labute approximate surface area is 204 Å². The number of likely N-dealkylation sites (tertiary alicyclic amines) is 1. The maximum atomic E-state index is 13.0. The summed E-state index contributed by atoms with van der Waals surface area (Å²) in [6.45, 7) is 7.96. The summed E-state index contributed by atoms with van der Waals surface area (Å²) in [7, 11) is 3.90. The number of benzene rings is 2. The van der Waals surface area contributed by atoms with E-state index in [1.54, 1.807) is 11.9 Å². The van der Waals surface area contributed by atoms with Crippen molar-refractivity contribution in [2.45, 2.75) is 45.7 Å². The van der Waals surface area contributed by atoms with Gasteiger partial charge in [-0.1, -0.05) is 55.5 Å². The molecule has 0 bridgehead atoms. The van der Waals surface area contributed by atoms with E-state index in [4.69, 9.17) is 0 Å². The van der Waals surface area contributed by atoms with E-state index in [0.29, 0.717) is 5.92 Å². The van der Waals surface area contributed by atoms with E-state index in [9.17, 15) is 9.59 Å². The summed E-state index contributed by atoms with van der Waals surface area (Å²) in [5.41, 5.74) is 3.26. The van der Waals surface area contributed by atoms with E-state index >= 15 is 0 Å². The quantitative estimate of drug-likeness (QED) is 0.580. The first kappa shape index (κ1) is 25.9. The Morgan fingerprint density at radius 2 is 1.68 bits per heavy atom. The van der Waals surface area contributed by atoms with Crippen LogP contribution in [0.2, 0.25) is 0 Å². The maximum absolute atomic E-state index is 13.0. The number of rotatable bonds is 10. The monoisotopic (exact) mass is 464 g/mol. The normalized spacial score (nSPS) is 15.8. The van der Waals surface area contributed by atoms with Crippen molar-refractivity contribution in [1.29, 1.82) is 0 Å². The summed E-state index contributed by atoms with van der Waals surface area (Å²) in [5.74, 6) is 0.483. The molecule has 1 aliphatic heterocycles. The number of likely N-dealkylation sites (N-methyl/N-ethyl adjacent to an activating group) is 1. The summed E-state index contributed by atoms with van der Waals surface area (Å²) in [6.07, 6.45) is 3.03. The van der Waals surface area contributed by atoms with E-state index in [1.165, 1.54) is 5.56 Å². The number of carbonyl (C=O) groups is 2. The molecule has 3 rings (SSSR count). The lowest BCUT2D eigenvalue weighted by Gasteiger charge is -2.37. The molecular weight excluding hydrogens is 424 g/mol. The van der Waals surface area contributed by atoms with Gasteiger partial charge in [0, 0.05) is 25.8 Å². The van der Waals surface area contributed by atoms with Crippen LogP contribution in [0.25, 0.3) is 0 Å². The maximum Gasteiger partial charge on any atom is 0.243 e. The highest BCUT2D eigenvalue weighted by atomic mass is 16.2. The van der Waals surface area contributed by atoms with E-state index in [1.807, 2.05) is 31.2 Å². The molecule has 2 amide bonds. The van der Waals surface area contributed by atoms with Crippen LogP contribution in [0.3, 0.4) is 0 Å². The number of piperidine rings is 1. The van der Waals surface area contributed by atoms with Crippen LogP contribution >= 0.6 is 0 Å². The molecule has 1 unspecified atom stereocenters. The molecule has 0 radical (unpaired) electrons. The third kappa shape index (κ3) is 7.40. The van der Waals surface area contributed by atoms with Gasteiger partial charge in [0.15, 0.2) is 0 Å². The average molecular weight is 465 g/mol. The van der Waals surface area contributed by atoms with Crippen molar-refractivity contribution in [3.8, 4) is 0 Å². The van der Waals surface area contributed by atoms with Gasteiger partial charge in [0.1, 0.15) is 0 Å². The Bertz CT molecular complexity index is 925. The van der Waals surface area contributed by atoms with Gasteiger partial charge in [0.25, 0.3) is 0 Å². The van der Waals surface area contributed by atoms with E-state index in [-0.39, 0.29) is 24.4 Å². The van der Waals surface area contributed by atoms with Crippen molar-refractivity contribution in [3.63, 3.8) is 0 Å². The number of aryl methyl sites for hydroxylation is 1. The summed E-state index contributed by atoms with van der Waals surface area (Å²) in [5, 5.41) is 2.96. The van der Waals surface area contributed by atoms with E-state index in [2.05, 4.69) is 59.4 Å². The number of nitrogens with zero attached hydrogens (tertiary/aromatic N) is 3.